The van der Waals surface area contributed by atoms with Crippen molar-refractivity contribution in [3.8, 4) is 0 Å². The zero-order valence-electron chi connectivity index (χ0n) is 23.9. The number of hydrogen-bond donors (Lipinski definition) is 2. The molecule has 0 aliphatic heterocycles. The zero-order chi connectivity index (χ0) is 28.6. The molecule has 0 spiro atoms. The van der Waals surface area contributed by atoms with Crippen LogP contribution in [0.1, 0.15) is 60.8 Å². The van der Waals surface area contributed by atoms with E-state index in [9.17, 15) is 9.59 Å². The topological polar surface area (TPSA) is 58.2 Å². The summed E-state index contributed by atoms with van der Waals surface area (Å²) in [5, 5.41) is 6.84. The molecule has 3 aliphatic rings. The summed E-state index contributed by atoms with van der Waals surface area (Å²) in [7, 11) is 0. The van der Waals surface area contributed by atoms with Crippen molar-refractivity contribution in [2.45, 2.75) is 61.4 Å². The van der Waals surface area contributed by atoms with Gasteiger partial charge in [0.1, 0.15) is 0 Å². The molecule has 3 saturated carbocycles. The molecular weight excluding hydrogens is 516 g/mol. The van der Waals surface area contributed by atoms with E-state index in [1.165, 1.54) is 22.3 Å². The Morgan fingerprint density at radius 3 is 1.05 bits per heavy atom. The van der Waals surface area contributed by atoms with Crippen LogP contribution in [0.15, 0.2) is 121 Å². The molecule has 7 rings (SSSR count). The Kier molecular flexibility index (Phi) is 6.93. The van der Waals surface area contributed by atoms with E-state index >= 15 is 0 Å². The molecule has 0 heterocycles. The van der Waals surface area contributed by atoms with E-state index in [2.05, 4.69) is 108 Å². The molecule has 4 aromatic carbocycles. The maximum absolute atomic E-state index is 13.9. The second-order valence-electron chi connectivity index (χ2n) is 12.4. The predicted molar refractivity (Wildman–Crippen MR) is 166 cm³/mol. The third kappa shape index (κ3) is 4.63. The normalized spacial score (nSPS) is 25.1. The van der Waals surface area contributed by atoms with Crippen LogP contribution in [0.3, 0.4) is 0 Å². The smallest absolute Gasteiger partial charge is 0.224 e. The number of rotatable bonds is 8. The highest BCUT2D eigenvalue weighted by Crippen LogP contribution is 2.60. The van der Waals surface area contributed by atoms with E-state index in [0.717, 1.165) is 38.5 Å². The fraction of sp³-hybridized carbons (Fsp3) is 0.316. The number of benzene rings is 4. The highest BCUT2D eigenvalue weighted by atomic mass is 16.2. The van der Waals surface area contributed by atoms with E-state index in [1.54, 1.807) is 0 Å². The summed E-state index contributed by atoms with van der Waals surface area (Å²) in [6.07, 6.45) is 5.50. The van der Waals surface area contributed by atoms with E-state index < -0.39 is 0 Å². The molecule has 2 amide bonds. The largest absolute Gasteiger partial charge is 0.351 e. The van der Waals surface area contributed by atoms with Crippen molar-refractivity contribution in [3.05, 3.63) is 144 Å². The van der Waals surface area contributed by atoms with Gasteiger partial charge < -0.3 is 10.6 Å². The van der Waals surface area contributed by atoms with Crippen molar-refractivity contribution >= 4 is 11.8 Å². The van der Waals surface area contributed by atoms with Crippen molar-refractivity contribution < 1.29 is 9.59 Å². The molecule has 3 aliphatic carbocycles. The molecule has 0 unspecified atom stereocenters. The number of carbonyl (C=O) groups excluding carboxylic acids is 2. The van der Waals surface area contributed by atoms with Crippen LogP contribution in [0.5, 0.6) is 0 Å². The SMILES string of the molecule is O=C(N[C@H]1CCCC[C@H]1NC(=O)[C@@H]1CC1(c1ccccc1)c1ccccc1)[C@@H]1CC1(c1ccccc1)c1ccccc1. The molecule has 0 bridgehead atoms. The molecule has 4 aromatic rings. The van der Waals surface area contributed by atoms with E-state index in [1.807, 2.05) is 24.3 Å². The maximum Gasteiger partial charge on any atom is 0.224 e. The van der Waals surface area contributed by atoms with E-state index in [0.29, 0.717) is 0 Å². The first kappa shape index (κ1) is 26.7. The Balaban J connectivity index is 1.08. The van der Waals surface area contributed by atoms with Gasteiger partial charge in [-0.25, -0.2) is 0 Å². The third-order valence-electron chi connectivity index (χ3n) is 10.1. The van der Waals surface area contributed by atoms with Gasteiger partial charge in [-0.2, -0.15) is 0 Å². The van der Waals surface area contributed by atoms with Crippen LogP contribution in [0.25, 0.3) is 0 Å². The number of amides is 2. The fourth-order valence-corrected chi connectivity index (χ4v) is 7.75. The number of hydrogen-bond acceptors (Lipinski definition) is 2. The molecule has 0 aromatic heterocycles. The molecular formula is C38H38N2O2. The minimum absolute atomic E-state index is 0.0540. The predicted octanol–water partition coefficient (Wildman–Crippen LogP) is 6.54. The Morgan fingerprint density at radius 1 is 0.476 bits per heavy atom. The summed E-state index contributed by atoms with van der Waals surface area (Å²) in [6.45, 7) is 0. The molecule has 42 heavy (non-hydrogen) atoms. The van der Waals surface area contributed by atoms with Crippen LogP contribution >= 0.6 is 0 Å². The van der Waals surface area contributed by atoms with Crippen molar-refractivity contribution in [3.63, 3.8) is 0 Å². The van der Waals surface area contributed by atoms with Crippen molar-refractivity contribution in [1.82, 2.24) is 10.6 Å². The first-order chi connectivity index (χ1) is 20.6. The molecule has 4 atom stereocenters. The van der Waals surface area contributed by atoms with Crippen LogP contribution in [0, 0.1) is 11.8 Å². The van der Waals surface area contributed by atoms with Crippen LogP contribution in [-0.4, -0.2) is 23.9 Å². The monoisotopic (exact) mass is 554 g/mol. The van der Waals surface area contributed by atoms with Gasteiger partial charge in [0.05, 0.1) is 11.8 Å². The first-order valence-electron chi connectivity index (χ1n) is 15.5. The summed E-state index contributed by atoms with van der Waals surface area (Å²) in [5.74, 6) is -0.0352. The Hall–Kier alpha value is -4.18. The lowest BCUT2D eigenvalue weighted by molar-refractivity contribution is -0.126. The van der Waals surface area contributed by atoms with Gasteiger partial charge in [-0.3, -0.25) is 9.59 Å². The summed E-state index contributed by atoms with van der Waals surface area (Å²) in [5.41, 5.74) is 4.18. The van der Waals surface area contributed by atoms with Crippen molar-refractivity contribution in [1.29, 1.82) is 0 Å². The van der Waals surface area contributed by atoms with Gasteiger partial charge in [-0.1, -0.05) is 134 Å². The highest BCUT2D eigenvalue weighted by molar-refractivity contribution is 5.88. The summed E-state index contributed by atoms with van der Waals surface area (Å²) in [6, 6.07) is 41.6. The quantitative estimate of drug-likeness (QED) is 0.260. The average molecular weight is 555 g/mol. The fourth-order valence-electron chi connectivity index (χ4n) is 7.75. The van der Waals surface area contributed by atoms with Gasteiger partial charge in [0, 0.05) is 22.9 Å². The van der Waals surface area contributed by atoms with Gasteiger partial charge in [0.25, 0.3) is 0 Å². The second-order valence-corrected chi connectivity index (χ2v) is 12.4. The molecule has 2 N–H and O–H groups in total. The molecule has 0 saturated heterocycles. The van der Waals surface area contributed by atoms with Gasteiger partial charge in [-0.15, -0.1) is 0 Å². The van der Waals surface area contributed by atoms with Crippen LogP contribution in [0.2, 0.25) is 0 Å². The number of nitrogens with one attached hydrogen (secondary N) is 2. The Morgan fingerprint density at radius 2 is 0.762 bits per heavy atom. The van der Waals surface area contributed by atoms with Crippen LogP contribution in [0.4, 0.5) is 0 Å². The lowest BCUT2D eigenvalue weighted by Crippen LogP contribution is -2.54. The molecule has 4 heteroatoms. The zero-order valence-corrected chi connectivity index (χ0v) is 23.9. The third-order valence-corrected chi connectivity index (χ3v) is 10.1. The molecule has 0 radical (unpaired) electrons. The lowest BCUT2D eigenvalue weighted by Gasteiger charge is -2.33. The Labute approximate surface area is 248 Å². The standard InChI is InChI=1S/C38H38N2O2/c41-35(31-25-37(31,27-15-5-1-6-16-27)28-17-7-2-8-18-28)39-33-23-13-14-24-34(33)40-36(42)32-26-38(32,29-19-9-3-10-20-29)30-21-11-4-12-22-30/h1-12,15-22,31-34H,13-14,23-26H2,(H,39,41)(H,40,42)/t31-,32-,33-,34+/m0/s1. The first-order valence-corrected chi connectivity index (χ1v) is 15.5. The lowest BCUT2D eigenvalue weighted by atomic mass is 9.84. The van der Waals surface area contributed by atoms with E-state index in [-0.39, 0.29) is 46.6 Å². The minimum Gasteiger partial charge on any atom is -0.351 e. The maximum atomic E-state index is 13.9. The molecule has 3 fully saturated rings. The van der Waals surface area contributed by atoms with Gasteiger partial charge >= 0.3 is 0 Å². The van der Waals surface area contributed by atoms with Crippen molar-refractivity contribution in [2.24, 2.45) is 11.8 Å². The van der Waals surface area contributed by atoms with E-state index in [4.69, 9.17) is 0 Å². The number of carbonyl (C=O) groups is 2. The second kappa shape index (κ2) is 10.9. The highest BCUT2D eigenvalue weighted by Gasteiger charge is 2.61. The van der Waals surface area contributed by atoms with Crippen molar-refractivity contribution in [2.75, 3.05) is 0 Å². The molecule has 212 valence electrons. The van der Waals surface area contributed by atoms with Crippen LogP contribution in [-0.2, 0) is 20.4 Å². The average Bonchev–Trinajstić information content (AvgIpc) is 3.98. The minimum atomic E-state index is -0.293. The summed E-state index contributed by atoms with van der Waals surface area (Å²) >= 11 is 0. The Bertz CT molecular complexity index is 1340. The van der Waals surface area contributed by atoms with Crippen LogP contribution < -0.4 is 10.6 Å². The van der Waals surface area contributed by atoms with Gasteiger partial charge in [0.15, 0.2) is 0 Å². The van der Waals surface area contributed by atoms with Gasteiger partial charge in [0.2, 0.25) is 11.8 Å². The molecule has 4 nitrogen and oxygen atoms in total. The summed E-state index contributed by atoms with van der Waals surface area (Å²) in [4.78, 5) is 27.7. The summed E-state index contributed by atoms with van der Waals surface area (Å²) < 4.78 is 0. The van der Waals surface area contributed by atoms with Gasteiger partial charge in [-0.05, 0) is 47.9 Å².